The van der Waals surface area contributed by atoms with Crippen LogP contribution in [0.25, 0.3) is 0 Å². The van der Waals surface area contributed by atoms with Crippen LogP contribution in [0.15, 0.2) is 63.0 Å². The van der Waals surface area contributed by atoms with Crippen molar-refractivity contribution < 1.29 is 9.26 Å². The number of aromatic amines is 1. The van der Waals surface area contributed by atoms with Crippen molar-refractivity contribution in [2.45, 2.75) is 51.2 Å². The Labute approximate surface area is 248 Å². The summed E-state index contributed by atoms with van der Waals surface area (Å²) in [4.78, 5) is 31.7. The van der Waals surface area contributed by atoms with E-state index in [2.05, 4.69) is 36.8 Å². The number of amidine groups is 1. The average Bonchev–Trinajstić information content (AvgIpc) is 3.62. The highest BCUT2D eigenvalue weighted by Gasteiger charge is 2.37. The van der Waals surface area contributed by atoms with Crippen molar-refractivity contribution in [1.29, 1.82) is 0 Å². The van der Waals surface area contributed by atoms with Gasteiger partial charge in [-0.3, -0.25) is 19.5 Å². The second-order valence-electron chi connectivity index (χ2n) is 11.4. The monoisotopic (exact) mass is 588 g/mol. The molecule has 1 aliphatic carbocycles. The van der Waals surface area contributed by atoms with Gasteiger partial charge in [-0.05, 0) is 54.5 Å². The Morgan fingerprint density at radius 3 is 2.76 bits per heavy atom. The molecule has 1 saturated heterocycles. The molecule has 2 N–H and O–H groups in total. The minimum Gasteiger partial charge on any atom is -0.377 e. The second kappa shape index (κ2) is 11.4. The molecule has 1 saturated carbocycles. The molecule has 0 amide bonds. The number of nitrogens with one attached hydrogen (secondary N) is 2. The largest absolute Gasteiger partial charge is 0.439 e. The number of pyridine rings is 1. The van der Waals surface area contributed by atoms with Crippen LogP contribution in [0, 0.1) is 11.8 Å². The zero-order valence-corrected chi connectivity index (χ0v) is 24.1. The Hall–Kier alpha value is -3.96. The Kier molecular flexibility index (Phi) is 7.29. The topological polar surface area (TPSA) is 126 Å². The summed E-state index contributed by atoms with van der Waals surface area (Å²) in [6.45, 7) is 4.94. The number of rotatable bonds is 6. The number of morpholine rings is 1. The van der Waals surface area contributed by atoms with Crippen LogP contribution >= 0.6 is 11.6 Å². The molecule has 11 nitrogen and oxygen atoms in total. The van der Waals surface area contributed by atoms with E-state index in [0.29, 0.717) is 42.4 Å². The lowest BCUT2D eigenvalue weighted by atomic mass is 9.83. The van der Waals surface area contributed by atoms with Crippen molar-refractivity contribution >= 4 is 29.2 Å². The second-order valence-corrected chi connectivity index (χ2v) is 11.9. The molecule has 0 radical (unpaired) electrons. The number of ether oxygens (including phenoxy) is 1. The number of halogens is 1. The van der Waals surface area contributed by atoms with Crippen LogP contribution < -0.4 is 16.0 Å². The van der Waals surface area contributed by atoms with E-state index in [1.165, 1.54) is 25.7 Å². The maximum Gasteiger partial charge on any atom is 0.439 e. The minimum absolute atomic E-state index is 0.0918. The molecule has 0 unspecified atom stereocenters. The Balaban J connectivity index is 1.38. The summed E-state index contributed by atoms with van der Waals surface area (Å²) in [5.74, 6) is 2.73. The minimum atomic E-state index is -0.649. The fraction of sp³-hybridized carbons (Fsp3) is 0.433. The number of H-pyrrole nitrogens is 1. The van der Waals surface area contributed by atoms with Crippen molar-refractivity contribution in [2.24, 2.45) is 16.8 Å². The van der Waals surface area contributed by atoms with Gasteiger partial charge >= 0.3 is 5.76 Å². The molecular formula is C30H33ClN8O3. The van der Waals surface area contributed by atoms with E-state index >= 15 is 0 Å². The number of fused-ring (bicyclic) bond motifs is 1. The lowest BCUT2D eigenvalue weighted by Crippen LogP contribution is -2.42. The molecule has 4 aromatic rings. The predicted molar refractivity (Wildman–Crippen MR) is 159 cm³/mol. The smallest absolute Gasteiger partial charge is 0.377 e. The molecule has 218 valence electrons. The first kappa shape index (κ1) is 26.9. The summed E-state index contributed by atoms with van der Waals surface area (Å²) in [7, 11) is 0. The van der Waals surface area contributed by atoms with Crippen LogP contribution in [0.2, 0.25) is 5.02 Å². The fourth-order valence-corrected chi connectivity index (χ4v) is 6.55. The third-order valence-electron chi connectivity index (χ3n) is 8.56. The van der Waals surface area contributed by atoms with Gasteiger partial charge in [0.25, 0.3) is 0 Å². The van der Waals surface area contributed by atoms with E-state index < -0.39 is 11.8 Å². The molecule has 1 aromatic carbocycles. The molecule has 42 heavy (non-hydrogen) atoms. The number of imidazole rings is 1. The summed E-state index contributed by atoms with van der Waals surface area (Å²) in [6.07, 6.45) is 6.61. The van der Waals surface area contributed by atoms with Gasteiger partial charge in [-0.15, -0.1) is 0 Å². The lowest BCUT2D eigenvalue weighted by Gasteiger charge is -2.37. The van der Waals surface area contributed by atoms with E-state index in [1.807, 2.05) is 48.7 Å². The summed E-state index contributed by atoms with van der Waals surface area (Å²) >= 11 is 6.48. The normalized spacial score (nSPS) is 24.1. The van der Waals surface area contributed by atoms with Crippen molar-refractivity contribution in [3.63, 3.8) is 0 Å². The SMILES string of the molecule is CC1CCC(Cn2c(N3CCOC[C@H]3c3ccccn3)nc3c2[C@@H](c2cccc(Cl)c2)N=C(c2noc(=O)[nH]2)N3)CC1. The van der Waals surface area contributed by atoms with Crippen molar-refractivity contribution in [1.82, 2.24) is 24.7 Å². The van der Waals surface area contributed by atoms with Gasteiger partial charge in [0, 0.05) is 24.3 Å². The number of benzene rings is 1. The van der Waals surface area contributed by atoms with Gasteiger partial charge in [0.2, 0.25) is 11.8 Å². The first-order chi connectivity index (χ1) is 20.5. The van der Waals surface area contributed by atoms with Crippen LogP contribution in [-0.4, -0.2) is 50.3 Å². The third-order valence-corrected chi connectivity index (χ3v) is 8.80. The maximum atomic E-state index is 11.8. The van der Waals surface area contributed by atoms with E-state index in [4.69, 9.17) is 30.8 Å². The zero-order valence-electron chi connectivity index (χ0n) is 23.4. The molecule has 5 heterocycles. The summed E-state index contributed by atoms with van der Waals surface area (Å²) in [6, 6.07) is 13.2. The Bertz CT molecular complexity index is 1640. The van der Waals surface area contributed by atoms with Gasteiger partial charge in [-0.1, -0.05) is 54.7 Å². The quantitative estimate of drug-likeness (QED) is 0.323. The fourth-order valence-electron chi connectivity index (χ4n) is 6.35. The van der Waals surface area contributed by atoms with Gasteiger partial charge in [0.05, 0.1) is 30.6 Å². The molecule has 0 spiro atoms. The van der Waals surface area contributed by atoms with Crippen molar-refractivity contribution in [3.05, 3.63) is 87.0 Å². The summed E-state index contributed by atoms with van der Waals surface area (Å²) in [5.41, 5.74) is 2.81. The van der Waals surface area contributed by atoms with E-state index in [9.17, 15) is 4.79 Å². The number of nitrogens with zero attached hydrogens (tertiary/aromatic N) is 6. The number of hydrogen-bond acceptors (Lipinski definition) is 9. The third kappa shape index (κ3) is 5.22. The predicted octanol–water partition coefficient (Wildman–Crippen LogP) is 4.97. The number of aliphatic imine (C=N–C) groups is 1. The van der Waals surface area contributed by atoms with Crippen molar-refractivity contribution in [3.8, 4) is 0 Å². The van der Waals surface area contributed by atoms with Crippen LogP contribution in [0.3, 0.4) is 0 Å². The van der Waals surface area contributed by atoms with Gasteiger partial charge in [0.15, 0.2) is 11.7 Å². The molecular weight excluding hydrogens is 556 g/mol. The Morgan fingerprint density at radius 2 is 2.00 bits per heavy atom. The van der Waals surface area contributed by atoms with Gasteiger partial charge in [0.1, 0.15) is 6.04 Å². The highest BCUT2D eigenvalue weighted by Crippen LogP contribution is 2.42. The molecule has 3 aromatic heterocycles. The molecule has 2 aliphatic heterocycles. The number of aromatic nitrogens is 5. The molecule has 3 aliphatic rings. The van der Waals surface area contributed by atoms with Crippen LogP contribution in [0.1, 0.15) is 67.5 Å². The van der Waals surface area contributed by atoms with Gasteiger partial charge in [-0.2, -0.15) is 4.98 Å². The number of anilines is 2. The zero-order chi connectivity index (χ0) is 28.6. The highest BCUT2D eigenvalue weighted by molar-refractivity contribution is 6.30. The molecule has 0 bridgehead atoms. The standard InChI is InChI=1S/C30H33ClN8O3/c1-18-8-10-19(11-9-18)16-39-25-24(20-5-4-6-21(31)15-20)33-27(28-36-30(40)42-37-28)34-26(25)35-29(39)38-13-14-41-17-23(38)22-7-2-3-12-32-22/h2-7,12,15,18-19,23-24H,8-11,13-14,16-17H2,1H3,(H,33,34)(H,36,37,40)/t18?,19?,23-,24+/m0/s1. The van der Waals surface area contributed by atoms with E-state index in [1.54, 1.807) is 0 Å². The maximum absolute atomic E-state index is 11.8. The lowest BCUT2D eigenvalue weighted by molar-refractivity contribution is 0.0915. The van der Waals surface area contributed by atoms with E-state index in [0.717, 1.165) is 35.4 Å². The molecule has 12 heteroatoms. The van der Waals surface area contributed by atoms with Gasteiger partial charge in [-0.25, -0.2) is 4.79 Å². The summed E-state index contributed by atoms with van der Waals surface area (Å²) in [5, 5.41) is 7.88. The van der Waals surface area contributed by atoms with E-state index in [-0.39, 0.29) is 11.9 Å². The van der Waals surface area contributed by atoms with Gasteiger partial charge < -0.3 is 19.5 Å². The highest BCUT2D eigenvalue weighted by atomic mass is 35.5. The number of hydrogen-bond donors (Lipinski definition) is 2. The first-order valence-electron chi connectivity index (χ1n) is 14.6. The Morgan fingerprint density at radius 1 is 1.12 bits per heavy atom. The van der Waals surface area contributed by atoms with Crippen LogP contribution in [-0.2, 0) is 11.3 Å². The summed E-state index contributed by atoms with van der Waals surface area (Å²) < 4.78 is 13.1. The first-order valence-corrected chi connectivity index (χ1v) is 14.9. The molecule has 7 rings (SSSR count). The van der Waals surface area contributed by atoms with Crippen molar-refractivity contribution in [2.75, 3.05) is 30.0 Å². The molecule has 2 atom stereocenters. The molecule has 2 fully saturated rings. The van der Waals surface area contributed by atoms with Crippen LogP contribution in [0.5, 0.6) is 0 Å². The average molecular weight is 589 g/mol. The van der Waals surface area contributed by atoms with Crippen LogP contribution in [0.4, 0.5) is 11.8 Å².